The first kappa shape index (κ1) is 15.3. The van der Waals surface area contributed by atoms with E-state index in [9.17, 15) is 27.2 Å². The molecule has 1 aliphatic rings. The number of hydrogen-bond acceptors (Lipinski definition) is 2. The van der Waals surface area contributed by atoms with Crippen LogP contribution in [0.5, 0.6) is 0 Å². The second-order valence-corrected chi connectivity index (χ2v) is 4.71. The van der Waals surface area contributed by atoms with E-state index in [-0.39, 0.29) is 18.4 Å². The van der Waals surface area contributed by atoms with Crippen LogP contribution in [0.15, 0.2) is 18.2 Å². The summed E-state index contributed by atoms with van der Waals surface area (Å²) in [6.07, 6.45) is -4.75. The van der Waals surface area contributed by atoms with Gasteiger partial charge in [-0.15, -0.1) is 0 Å². The van der Waals surface area contributed by atoms with Gasteiger partial charge in [-0.2, -0.15) is 13.2 Å². The molecule has 21 heavy (non-hydrogen) atoms. The number of nitrogens with zero attached hydrogens (tertiary/aromatic N) is 1. The Balaban J connectivity index is 2.35. The maximum absolute atomic E-state index is 13.0. The first-order valence-corrected chi connectivity index (χ1v) is 6.08. The zero-order valence-corrected chi connectivity index (χ0v) is 10.7. The number of rotatable bonds is 3. The quantitative estimate of drug-likeness (QED) is 0.873. The van der Waals surface area contributed by atoms with Gasteiger partial charge >= 0.3 is 12.1 Å². The maximum Gasteiger partial charge on any atom is 0.416 e. The fourth-order valence-electron chi connectivity index (χ4n) is 2.32. The summed E-state index contributed by atoms with van der Waals surface area (Å²) in [5.74, 6) is -2.84. The van der Waals surface area contributed by atoms with Crippen LogP contribution in [0.1, 0.15) is 24.0 Å². The molecule has 0 radical (unpaired) electrons. The summed E-state index contributed by atoms with van der Waals surface area (Å²) in [6, 6.07) is 0.957. The van der Waals surface area contributed by atoms with E-state index in [2.05, 4.69) is 0 Å². The topological polar surface area (TPSA) is 57.6 Å². The molecule has 8 heteroatoms. The van der Waals surface area contributed by atoms with Gasteiger partial charge in [0.05, 0.1) is 5.56 Å². The molecular weight excluding hydrogens is 294 g/mol. The van der Waals surface area contributed by atoms with Crippen LogP contribution in [0.4, 0.5) is 17.6 Å². The number of carbonyl (C=O) groups excluding carboxylic acids is 1. The first-order valence-electron chi connectivity index (χ1n) is 6.08. The number of carboxylic acids is 1. The highest BCUT2D eigenvalue weighted by Crippen LogP contribution is 2.34. The van der Waals surface area contributed by atoms with Gasteiger partial charge in [0, 0.05) is 13.0 Å². The summed E-state index contributed by atoms with van der Waals surface area (Å²) in [5, 5.41) is 8.98. The predicted molar refractivity (Wildman–Crippen MR) is 62.6 cm³/mol. The lowest BCUT2D eigenvalue weighted by Gasteiger charge is -2.23. The highest BCUT2D eigenvalue weighted by atomic mass is 19.4. The van der Waals surface area contributed by atoms with E-state index in [1.54, 1.807) is 0 Å². The highest BCUT2D eigenvalue weighted by Gasteiger charge is 2.39. The van der Waals surface area contributed by atoms with Crippen LogP contribution in [0.3, 0.4) is 0 Å². The van der Waals surface area contributed by atoms with Crippen LogP contribution in [0, 0.1) is 5.82 Å². The Morgan fingerprint density at radius 3 is 2.62 bits per heavy atom. The second kappa shape index (κ2) is 5.34. The Bertz CT molecular complexity index is 585. The third-order valence-electron chi connectivity index (χ3n) is 3.33. The molecular formula is C13H11F4NO3. The fraction of sp³-hybridized carbons (Fsp3) is 0.385. The van der Waals surface area contributed by atoms with Gasteiger partial charge in [0.2, 0.25) is 5.91 Å². The Morgan fingerprint density at radius 2 is 2.05 bits per heavy atom. The molecule has 0 aliphatic carbocycles. The lowest BCUT2D eigenvalue weighted by atomic mass is 10.1. The van der Waals surface area contributed by atoms with Gasteiger partial charge in [0.25, 0.3) is 0 Å². The van der Waals surface area contributed by atoms with Gasteiger partial charge in [-0.05, 0) is 24.1 Å². The first-order chi connectivity index (χ1) is 9.70. The molecule has 1 amide bonds. The summed E-state index contributed by atoms with van der Waals surface area (Å²) in [4.78, 5) is 23.5. The molecule has 1 fully saturated rings. The van der Waals surface area contributed by atoms with Crippen LogP contribution >= 0.6 is 0 Å². The molecule has 0 saturated carbocycles. The SMILES string of the molecule is O=C(O)C1CCC(=O)N1Cc1ccc(F)cc1C(F)(F)F. The zero-order chi connectivity index (χ0) is 15.8. The predicted octanol–water partition coefficient (Wildman–Crippen LogP) is 2.42. The molecule has 1 aliphatic heterocycles. The van der Waals surface area contributed by atoms with E-state index in [1.807, 2.05) is 0 Å². The van der Waals surface area contributed by atoms with E-state index in [1.165, 1.54) is 0 Å². The number of aliphatic carboxylic acids is 1. The lowest BCUT2D eigenvalue weighted by molar-refractivity contribution is -0.147. The zero-order valence-electron chi connectivity index (χ0n) is 10.7. The molecule has 0 bridgehead atoms. The average Bonchev–Trinajstić information content (AvgIpc) is 2.72. The number of likely N-dealkylation sites (tertiary alicyclic amines) is 1. The molecule has 1 unspecified atom stereocenters. The van der Waals surface area contributed by atoms with E-state index in [0.717, 1.165) is 17.0 Å². The second-order valence-electron chi connectivity index (χ2n) is 4.71. The maximum atomic E-state index is 13.0. The van der Waals surface area contributed by atoms with Crippen molar-refractivity contribution in [2.24, 2.45) is 0 Å². The van der Waals surface area contributed by atoms with Gasteiger partial charge in [0.1, 0.15) is 11.9 Å². The highest BCUT2D eigenvalue weighted by molar-refractivity contribution is 5.87. The summed E-state index contributed by atoms with van der Waals surface area (Å²) in [7, 11) is 0. The van der Waals surface area contributed by atoms with E-state index in [0.29, 0.717) is 6.07 Å². The molecule has 1 heterocycles. The number of amides is 1. The van der Waals surface area contributed by atoms with Crippen molar-refractivity contribution in [3.05, 3.63) is 35.1 Å². The molecule has 1 N–H and O–H groups in total. The van der Waals surface area contributed by atoms with Crippen molar-refractivity contribution in [3.8, 4) is 0 Å². The van der Waals surface area contributed by atoms with Gasteiger partial charge in [-0.25, -0.2) is 9.18 Å². The minimum Gasteiger partial charge on any atom is -0.480 e. The minimum atomic E-state index is -4.78. The number of carbonyl (C=O) groups is 2. The van der Waals surface area contributed by atoms with E-state index < -0.39 is 42.0 Å². The van der Waals surface area contributed by atoms with Gasteiger partial charge in [0.15, 0.2) is 0 Å². The summed E-state index contributed by atoms with van der Waals surface area (Å²) in [6.45, 7) is -0.509. The van der Waals surface area contributed by atoms with Crippen molar-refractivity contribution in [1.82, 2.24) is 4.90 Å². The fourth-order valence-corrected chi connectivity index (χ4v) is 2.32. The van der Waals surface area contributed by atoms with Crippen LogP contribution in [-0.2, 0) is 22.3 Å². The smallest absolute Gasteiger partial charge is 0.416 e. The van der Waals surface area contributed by atoms with Gasteiger partial charge in [-0.3, -0.25) is 4.79 Å². The Morgan fingerprint density at radius 1 is 1.38 bits per heavy atom. The van der Waals surface area contributed by atoms with Gasteiger partial charge < -0.3 is 10.0 Å². The Labute approximate surface area is 117 Å². The molecule has 1 aromatic carbocycles. The normalized spacial score (nSPS) is 19.1. The van der Waals surface area contributed by atoms with Crippen molar-refractivity contribution >= 4 is 11.9 Å². The van der Waals surface area contributed by atoms with Crippen molar-refractivity contribution < 1.29 is 32.3 Å². The number of benzene rings is 1. The Hall–Kier alpha value is -2.12. The number of carboxylic acid groups (broad SMARTS) is 1. The molecule has 1 atom stereocenters. The largest absolute Gasteiger partial charge is 0.480 e. The molecule has 2 rings (SSSR count). The van der Waals surface area contributed by atoms with Crippen LogP contribution in [-0.4, -0.2) is 27.9 Å². The number of hydrogen-bond donors (Lipinski definition) is 1. The average molecular weight is 305 g/mol. The van der Waals surface area contributed by atoms with Crippen molar-refractivity contribution in [1.29, 1.82) is 0 Å². The molecule has 114 valence electrons. The number of alkyl halides is 3. The molecule has 1 aromatic rings. The van der Waals surface area contributed by atoms with Crippen LogP contribution < -0.4 is 0 Å². The molecule has 0 aromatic heterocycles. The standard InChI is InChI=1S/C13H11F4NO3/c14-8-2-1-7(9(5-8)13(15,16)17)6-18-10(12(20)21)3-4-11(18)19/h1-2,5,10H,3-4,6H2,(H,20,21). The minimum absolute atomic E-state index is 0.0283. The third-order valence-corrected chi connectivity index (χ3v) is 3.33. The molecule has 1 saturated heterocycles. The molecule has 4 nitrogen and oxygen atoms in total. The molecule has 0 spiro atoms. The van der Waals surface area contributed by atoms with Crippen molar-refractivity contribution in [3.63, 3.8) is 0 Å². The lowest BCUT2D eigenvalue weighted by Crippen LogP contribution is -2.38. The third kappa shape index (κ3) is 3.14. The van der Waals surface area contributed by atoms with E-state index >= 15 is 0 Å². The summed E-state index contributed by atoms with van der Waals surface area (Å²) in [5.41, 5.74) is -1.53. The van der Waals surface area contributed by atoms with Crippen molar-refractivity contribution in [2.75, 3.05) is 0 Å². The summed E-state index contributed by atoms with van der Waals surface area (Å²) >= 11 is 0. The van der Waals surface area contributed by atoms with E-state index in [4.69, 9.17) is 5.11 Å². The van der Waals surface area contributed by atoms with Crippen LogP contribution in [0.25, 0.3) is 0 Å². The Kier molecular flexibility index (Phi) is 3.89. The number of halogens is 4. The summed E-state index contributed by atoms with van der Waals surface area (Å²) < 4.78 is 51.6. The van der Waals surface area contributed by atoms with Crippen LogP contribution in [0.2, 0.25) is 0 Å². The van der Waals surface area contributed by atoms with Gasteiger partial charge in [-0.1, -0.05) is 6.07 Å². The monoisotopic (exact) mass is 305 g/mol. The van der Waals surface area contributed by atoms with Crippen molar-refractivity contribution in [2.45, 2.75) is 31.6 Å².